The highest BCUT2D eigenvalue weighted by Crippen LogP contribution is 2.24. The van der Waals surface area contributed by atoms with E-state index in [2.05, 4.69) is 22.0 Å². The van der Waals surface area contributed by atoms with Crippen LogP contribution in [-0.2, 0) is 4.79 Å². The topological polar surface area (TPSA) is 35.6 Å². The summed E-state index contributed by atoms with van der Waals surface area (Å²) >= 11 is 0. The highest BCUT2D eigenvalue weighted by atomic mass is 16.2. The first-order valence-electron chi connectivity index (χ1n) is 7.99. The molecular weight excluding hydrogens is 238 g/mol. The maximum Gasteiger partial charge on any atom is 0.227 e. The van der Waals surface area contributed by atoms with E-state index in [-0.39, 0.29) is 5.92 Å². The van der Waals surface area contributed by atoms with Crippen LogP contribution in [0.2, 0.25) is 0 Å². The van der Waals surface area contributed by atoms with E-state index in [4.69, 9.17) is 0 Å². The van der Waals surface area contributed by atoms with Crippen molar-refractivity contribution in [3.8, 4) is 0 Å². The second kappa shape index (κ2) is 5.80. The van der Waals surface area contributed by atoms with Gasteiger partial charge in [-0.1, -0.05) is 6.92 Å². The van der Waals surface area contributed by atoms with E-state index in [1.165, 1.54) is 38.8 Å². The first-order chi connectivity index (χ1) is 9.25. The van der Waals surface area contributed by atoms with Gasteiger partial charge in [-0.15, -0.1) is 0 Å². The van der Waals surface area contributed by atoms with Gasteiger partial charge in [0.05, 0.1) is 5.92 Å². The Labute approximate surface area is 116 Å². The number of carbonyl (C=O) groups is 1. The zero-order valence-corrected chi connectivity index (χ0v) is 12.1. The molecule has 1 unspecified atom stereocenters. The monoisotopic (exact) mass is 265 g/mol. The summed E-state index contributed by atoms with van der Waals surface area (Å²) < 4.78 is 0. The highest BCUT2D eigenvalue weighted by molar-refractivity contribution is 5.80. The summed E-state index contributed by atoms with van der Waals surface area (Å²) in [5.41, 5.74) is 0. The van der Waals surface area contributed by atoms with Crippen LogP contribution in [0.4, 0.5) is 0 Å². The van der Waals surface area contributed by atoms with E-state index in [9.17, 15) is 4.79 Å². The molecule has 0 bridgehead atoms. The Morgan fingerprint density at radius 2 is 1.89 bits per heavy atom. The van der Waals surface area contributed by atoms with Crippen LogP contribution in [0, 0.1) is 11.8 Å². The van der Waals surface area contributed by atoms with Gasteiger partial charge in [-0.25, -0.2) is 0 Å². The lowest BCUT2D eigenvalue weighted by Gasteiger charge is -2.39. The summed E-state index contributed by atoms with van der Waals surface area (Å²) in [7, 11) is 0. The van der Waals surface area contributed by atoms with Crippen molar-refractivity contribution < 1.29 is 4.79 Å². The predicted molar refractivity (Wildman–Crippen MR) is 75.9 cm³/mol. The standard InChI is InChI=1S/C15H27N3O/c1-12-9-16-10-14(12)15(19)18-8-4-5-13(11-18)17-6-2-3-7-17/h12-14,16H,2-11H2,1H3/t12-,13?,14-/m1/s1. The highest BCUT2D eigenvalue weighted by Gasteiger charge is 2.36. The molecule has 1 N–H and O–H groups in total. The van der Waals surface area contributed by atoms with Gasteiger partial charge >= 0.3 is 0 Å². The minimum absolute atomic E-state index is 0.220. The fourth-order valence-electron chi connectivity index (χ4n) is 3.93. The average molecular weight is 265 g/mol. The molecule has 4 heteroatoms. The molecule has 19 heavy (non-hydrogen) atoms. The van der Waals surface area contributed by atoms with Gasteiger partial charge in [-0.05, 0) is 51.2 Å². The molecule has 0 radical (unpaired) electrons. The molecular formula is C15H27N3O. The number of nitrogens with one attached hydrogen (secondary N) is 1. The van der Waals surface area contributed by atoms with Crippen LogP contribution in [0.1, 0.15) is 32.6 Å². The average Bonchev–Trinajstić information content (AvgIpc) is 3.09. The maximum atomic E-state index is 12.6. The zero-order chi connectivity index (χ0) is 13.2. The minimum Gasteiger partial charge on any atom is -0.341 e. The molecule has 0 aromatic rings. The largest absolute Gasteiger partial charge is 0.341 e. The van der Waals surface area contributed by atoms with Gasteiger partial charge in [0.25, 0.3) is 0 Å². The second-order valence-electron chi connectivity index (χ2n) is 6.57. The SMILES string of the molecule is C[C@@H]1CNC[C@H]1C(=O)N1CCCC(N2CCCC2)C1. The van der Waals surface area contributed by atoms with Crippen molar-refractivity contribution >= 4 is 5.91 Å². The van der Waals surface area contributed by atoms with Crippen molar-refractivity contribution in [1.29, 1.82) is 0 Å². The molecule has 3 aliphatic rings. The number of likely N-dealkylation sites (tertiary alicyclic amines) is 2. The number of piperidine rings is 1. The summed E-state index contributed by atoms with van der Waals surface area (Å²) in [6, 6.07) is 0.630. The molecule has 3 heterocycles. The Balaban J connectivity index is 1.59. The maximum absolute atomic E-state index is 12.6. The lowest BCUT2D eigenvalue weighted by Crippen LogP contribution is -2.51. The van der Waals surface area contributed by atoms with Crippen LogP contribution >= 0.6 is 0 Å². The van der Waals surface area contributed by atoms with Crippen molar-refractivity contribution in [2.45, 2.75) is 38.6 Å². The van der Waals surface area contributed by atoms with Gasteiger partial charge in [-0.2, -0.15) is 0 Å². The van der Waals surface area contributed by atoms with Gasteiger partial charge < -0.3 is 10.2 Å². The van der Waals surface area contributed by atoms with Gasteiger partial charge in [0.1, 0.15) is 0 Å². The van der Waals surface area contributed by atoms with Gasteiger partial charge in [-0.3, -0.25) is 9.69 Å². The quantitative estimate of drug-likeness (QED) is 0.807. The number of amides is 1. The smallest absolute Gasteiger partial charge is 0.227 e. The van der Waals surface area contributed by atoms with Crippen molar-refractivity contribution in [3.05, 3.63) is 0 Å². The third-order valence-corrected chi connectivity index (χ3v) is 5.20. The number of hydrogen-bond donors (Lipinski definition) is 1. The Bertz CT molecular complexity index is 327. The summed E-state index contributed by atoms with van der Waals surface area (Å²) in [6.07, 6.45) is 5.14. The summed E-state index contributed by atoms with van der Waals surface area (Å²) in [5, 5.41) is 3.35. The van der Waals surface area contributed by atoms with E-state index in [0.717, 1.165) is 26.2 Å². The number of rotatable bonds is 2. The Hall–Kier alpha value is -0.610. The van der Waals surface area contributed by atoms with E-state index in [1.54, 1.807) is 0 Å². The van der Waals surface area contributed by atoms with E-state index >= 15 is 0 Å². The van der Waals surface area contributed by atoms with Gasteiger partial charge in [0.15, 0.2) is 0 Å². The number of nitrogens with zero attached hydrogens (tertiary/aromatic N) is 2. The molecule has 0 aliphatic carbocycles. The van der Waals surface area contributed by atoms with Gasteiger partial charge in [0, 0.05) is 25.7 Å². The Morgan fingerprint density at radius 3 is 2.58 bits per heavy atom. The summed E-state index contributed by atoms with van der Waals surface area (Å²) in [4.78, 5) is 17.4. The molecule has 3 saturated heterocycles. The summed E-state index contributed by atoms with van der Waals surface area (Å²) in [6.45, 7) is 8.52. The van der Waals surface area contributed by atoms with Gasteiger partial charge in [0.2, 0.25) is 5.91 Å². The van der Waals surface area contributed by atoms with Crippen LogP contribution < -0.4 is 5.32 Å². The second-order valence-corrected chi connectivity index (χ2v) is 6.57. The van der Waals surface area contributed by atoms with E-state index < -0.39 is 0 Å². The third-order valence-electron chi connectivity index (χ3n) is 5.20. The van der Waals surface area contributed by atoms with Crippen LogP contribution in [-0.4, -0.2) is 61.0 Å². The fraction of sp³-hybridized carbons (Fsp3) is 0.933. The number of carbonyl (C=O) groups excluding carboxylic acids is 1. The lowest BCUT2D eigenvalue weighted by atomic mass is 9.94. The van der Waals surface area contributed by atoms with Crippen LogP contribution in [0.5, 0.6) is 0 Å². The summed E-state index contributed by atoms with van der Waals surface area (Å²) in [5.74, 6) is 1.12. The fourth-order valence-corrected chi connectivity index (χ4v) is 3.93. The predicted octanol–water partition coefficient (Wildman–Crippen LogP) is 0.929. The van der Waals surface area contributed by atoms with Crippen molar-refractivity contribution in [3.63, 3.8) is 0 Å². The van der Waals surface area contributed by atoms with Crippen molar-refractivity contribution in [1.82, 2.24) is 15.1 Å². The molecule has 1 amide bonds. The third kappa shape index (κ3) is 2.79. The zero-order valence-electron chi connectivity index (χ0n) is 12.1. The normalized spacial score (nSPS) is 36.9. The molecule has 108 valence electrons. The molecule has 0 aromatic heterocycles. The lowest BCUT2D eigenvalue weighted by molar-refractivity contribution is -0.138. The first-order valence-corrected chi connectivity index (χ1v) is 7.99. The van der Waals surface area contributed by atoms with E-state index in [1.807, 2.05) is 0 Å². The Morgan fingerprint density at radius 1 is 1.11 bits per heavy atom. The molecule has 0 aromatic carbocycles. The Kier molecular flexibility index (Phi) is 4.08. The minimum atomic E-state index is 0.220. The van der Waals surface area contributed by atoms with Crippen LogP contribution in [0.15, 0.2) is 0 Å². The molecule has 3 atom stereocenters. The van der Waals surface area contributed by atoms with E-state index in [0.29, 0.717) is 17.9 Å². The molecule has 0 saturated carbocycles. The van der Waals surface area contributed by atoms with Crippen LogP contribution in [0.25, 0.3) is 0 Å². The molecule has 0 spiro atoms. The van der Waals surface area contributed by atoms with Crippen molar-refractivity contribution in [2.75, 3.05) is 39.3 Å². The first kappa shape index (κ1) is 13.4. The molecule has 3 aliphatic heterocycles. The van der Waals surface area contributed by atoms with Crippen LogP contribution in [0.3, 0.4) is 0 Å². The molecule has 3 fully saturated rings. The van der Waals surface area contributed by atoms with Crippen molar-refractivity contribution in [2.24, 2.45) is 11.8 Å². The molecule has 3 rings (SSSR count). The molecule has 4 nitrogen and oxygen atoms in total. The number of hydrogen-bond acceptors (Lipinski definition) is 3.